The minimum absolute atomic E-state index is 0.122. The highest BCUT2D eigenvalue weighted by atomic mass is 32.2. The van der Waals surface area contributed by atoms with E-state index in [1.54, 1.807) is 11.0 Å². The van der Waals surface area contributed by atoms with Crippen LogP contribution < -0.4 is 5.32 Å². The van der Waals surface area contributed by atoms with Gasteiger partial charge in [-0.25, -0.2) is 9.67 Å². The van der Waals surface area contributed by atoms with Crippen LogP contribution in [0.1, 0.15) is 53.6 Å². The van der Waals surface area contributed by atoms with E-state index in [1.165, 1.54) is 37.4 Å². The lowest BCUT2D eigenvalue weighted by molar-refractivity contribution is -0.129. The molecule has 1 N–H and O–H groups in total. The summed E-state index contributed by atoms with van der Waals surface area (Å²) in [4.78, 5) is 32.4. The Bertz CT molecular complexity index is 1100. The van der Waals surface area contributed by atoms with Crippen LogP contribution in [0.4, 0.5) is 0 Å². The van der Waals surface area contributed by atoms with Crippen molar-refractivity contribution in [1.82, 2.24) is 25.0 Å². The molecule has 0 radical (unpaired) electrons. The molecule has 2 aromatic carbocycles. The van der Waals surface area contributed by atoms with Gasteiger partial charge >= 0.3 is 0 Å². The molecule has 8 heteroatoms. The number of nitrogens with zero attached hydrogens (tertiary/aromatic N) is 4. The van der Waals surface area contributed by atoms with E-state index in [2.05, 4.69) is 21.5 Å². The zero-order valence-corrected chi connectivity index (χ0v) is 20.3. The van der Waals surface area contributed by atoms with Crippen molar-refractivity contribution in [2.24, 2.45) is 0 Å². The number of amides is 2. The molecule has 0 spiro atoms. The van der Waals surface area contributed by atoms with E-state index in [9.17, 15) is 9.59 Å². The van der Waals surface area contributed by atoms with E-state index in [0.29, 0.717) is 30.4 Å². The fourth-order valence-corrected chi connectivity index (χ4v) is 5.28. The number of hydrogen-bond donors (Lipinski definition) is 1. The summed E-state index contributed by atoms with van der Waals surface area (Å²) in [6.45, 7) is 1.05. The molecule has 0 saturated heterocycles. The summed E-state index contributed by atoms with van der Waals surface area (Å²) in [6.07, 6.45) is 9.03. The lowest BCUT2D eigenvalue weighted by Gasteiger charge is -2.31. The molecule has 1 aliphatic carbocycles. The van der Waals surface area contributed by atoms with Crippen molar-refractivity contribution in [2.75, 3.05) is 12.8 Å². The van der Waals surface area contributed by atoms with Crippen molar-refractivity contribution in [3.05, 3.63) is 77.9 Å². The summed E-state index contributed by atoms with van der Waals surface area (Å²) in [7, 11) is 1.91. The van der Waals surface area contributed by atoms with Crippen molar-refractivity contribution in [2.45, 2.75) is 56.1 Å². The second kappa shape index (κ2) is 11.8. The van der Waals surface area contributed by atoms with E-state index in [1.807, 2.05) is 54.4 Å². The summed E-state index contributed by atoms with van der Waals surface area (Å²) in [5, 5.41) is 7.16. The van der Waals surface area contributed by atoms with Crippen LogP contribution in [0.3, 0.4) is 0 Å². The molecule has 3 aromatic rings. The first kappa shape index (κ1) is 24.0. The first-order valence-electron chi connectivity index (χ1n) is 11.8. The van der Waals surface area contributed by atoms with E-state index in [4.69, 9.17) is 0 Å². The Hall–Kier alpha value is -3.13. The quantitative estimate of drug-likeness (QED) is 0.469. The predicted octanol–water partition coefficient (Wildman–Crippen LogP) is 4.14. The normalized spacial score (nSPS) is 14.0. The van der Waals surface area contributed by atoms with Crippen LogP contribution in [0.15, 0.2) is 66.1 Å². The molecule has 0 bridgehead atoms. The third-order valence-electron chi connectivity index (χ3n) is 6.25. The molecule has 0 atom stereocenters. The minimum Gasteiger partial charge on any atom is -0.348 e. The molecule has 1 aromatic heterocycles. The molecule has 1 heterocycles. The van der Waals surface area contributed by atoms with Crippen LogP contribution in [0.5, 0.6) is 0 Å². The number of carbonyl (C=O) groups is 2. The minimum atomic E-state index is -0.141. The molecule has 0 unspecified atom stereocenters. The summed E-state index contributed by atoms with van der Waals surface area (Å²) in [5.74, 6) is 0.316. The van der Waals surface area contributed by atoms with Gasteiger partial charge in [-0.2, -0.15) is 5.10 Å². The Morgan fingerprint density at radius 2 is 1.88 bits per heavy atom. The molecule has 2 amide bonds. The van der Waals surface area contributed by atoms with E-state index < -0.39 is 0 Å². The Morgan fingerprint density at radius 3 is 2.68 bits per heavy atom. The number of nitrogens with one attached hydrogen (secondary N) is 1. The van der Waals surface area contributed by atoms with Crippen LogP contribution >= 0.6 is 11.8 Å². The Balaban J connectivity index is 1.33. The van der Waals surface area contributed by atoms with E-state index in [0.717, 1.165) is 28.9 Å². The number of hydrogen-bond acceptors (Lipinski definition) is 5. The van der Waals surface area contributed by atoms with Crippen molar-refractivity contribution in [3.63, 3.8) is 0 Å². The van der Waals surface area contributed by atoms with Gasteiger partial charge in [0.2, 0.25) is 5.91 Å². The van der Waals surface area contributed by atoms with Crippen LogP contribution in [-0.2, 0) is 17.9 Å². The first-order chi connectivity index (χ1) is 16.6. The number of benzene rings is 2. The van der Waals surface area contributed by atoms with Gasteiger partial charge in [0.1, 0.15) is 12.7 Å². The van der Waals surface area contributed by atoms with Gasteiger partial charge in [0.05, 0.1) is 17.9 Å². The van der Waals surface area contributed by atoms with E-state index in [-0.39, 0.29) is 11.8 Å². The third-order valence-corrected chi connectivity index (χ3v) is 7.31. The maximum Gasteiger partial charge on any atom is 0.252 e. The Kier molecular flexibility index (Phi) is 8.36. The van der Waals surface area contributed by atoms with Gasteiger partial charge in [0.15, 0.2) is 0 Å². The summed E-state index contributed by atoms with van der Waals surface area (Å²) >= 11 is 1.43. The smallest absolute Gasteiger partial charge is 0.252 e. The van der Waals surface area contributed by atoms with Crippen LogP contribution in [0, 0.1) is 0 Å². The highest BCUT2D eigenvalue weighted by Gasteiger charge is 2.22. The molecule has 4 rings (SSSR count). The Morgan fingerprint density at radius 1 is 1.09 bits per heavy atom. The lowest BCUT2D eigenvalue weighted by atomic mass is 9.94. The maximum atomic E-state index is 13.0. The molecule has 7 nitrogen and oxygen atoms in total. The lowest BCUT2D eigenvalue weighted by Crippen LogP contribution is -2.39. The van der Waals surface area contributed by atoms with Crippen molar-refractivity contribution in [3.8, 4) is 0 Å². The molecule has 1 fully saturated rings. The van der Waals surface area contributed by atoms with Gasteiger partial charge in [-0.3, -0.25) is 9.59 Å². The fourth-order valence-electron chi connectivity index (χ4n) is 4.31. The summed E-state index contributed by atoms with van der Waals surface area (Å²) in [5.41, 5.74) is 2.70. The topological polar surface area (TPSA) is 80.1 Å². The van der Waals surface area contributed by atoms with Crippen molar-refractivity contribution >= 4 is 23.6 Å². The molecule has 0 aliphatic heterocycles. The SMILES string of the molecule is CN(C(=O)CSc1ccccc1C(=O)NCc1cccc(Cn2cncn2)c1)C1CCCCC1. The van der Waals surface area contributed by atoms with Gasteiger partial charge in [-0.1, -0.05) is 55.7 Å². The van der Waals surface area contributed by atoms with Crippen LogP contribution in [0.2, 0.25) is 0 Å². The average molecular weight is 478 g/mol. The molecule has 178 valence electrons. The Labute approximate surface area is 205 Å². The monoisotopic (exact) mass is 477 g/mol. The zero-order valence-electron chi connectivity index (χ0n) is 19.5. The largest absolute Gasteiger partial charge is 0.348 e. The predicted molar refractivity (Wildman–Crippen MR) is 134 cm³/mol. The highest BCUT2D eigenvalue weighted by molar-refractivity contribution is 8.00. The molecule has 1 saturated carbocycles. The van der Waals surface area contributed by atoms with Crippen molar-refractivity contribution < 1.29 is 9.59 Å². The first-order valence-corrected chi connectivity index (χ1v) is 12.7. The van der Waals surface area contributed by atoms with Crippen molar-refractivity contribution in [1.29, 1.82) is 0 Å². The number of rotatable bonds is 9. The van der Waals surface area contributed by atoms with Gasteiger partial charge < -0.3 is 10.2 Å². The van der Waals surface area contributed by atoms with Gasteiger partial charge in [0, 0.05) is 24.5 Å². The van der Waals surface area contributed by atoms with Gasteiger partial charge in [-0.15, -0.1) is 11.8 Å². The number of carbonyl (C=O) groups excluding carboxylic acids is 2. The fraction of sp³-hybridized carbons (Fsp3) is 0.385. The third kappa shape index (κ3) is 6.47. The molecule has 34 heavy (non-hydrogen) atoms. The summed E-state index contributed by atoms with van der Waals surface area (Å²) in [6, 6.07) is 15.9. The molecule has 1 aliphatic rings. The number of thioether (sulfide) groups is 1. The number of aromatic nitrogens is 3. The molecular formula is C26H31N5O2S. The van der Waals surface area contributed by atoms with Crippen LogP contribution in [-0.4, -0.2) is 50.3 Å². The van der Waals surface area contributed by atoms with E-state index >= 15 is 0 Å². The highest BCUT2D eigenvalue weighted by Crippen LogP contribution is 2.26. The summed E-state index contributed by atoms with van der Waals surface area (Å²) < 4.78 is 1.76. The van der Waals surface area contributed by atoms with Crippen LogP contribution in [0.25, 0.3) is 0 Å². The zero-order chi connectivity index (χ0) is 23.8. The molecular weight excluding hydrogens is 446 g/mol. The maximum absolute atomic E-state index is 13.0. The second-order valence-corrected chi connectivity index (χ2v) is 9.69. The average Bonchev–Trinajstić information content (AvgIpc) is 3.39. The van der Waals surface area contributed by atoms with Gasteiger partial charge in [-0.05, 0) is 36.1 Å². The second-order valence-electron chi connectivity index (χ2n) is 8.68. The van der Waals surface area contributed by atoms with Gasteiger partial charge in [0.25, 0.3) is 5.91 Å². The standard InChI is InChI=1S/C26H31N5O2S/c1-30(22-10-3-2-4-11-22)25(32)17-34-24-13-6-5-12-23(24)26(33)28-15-20-8-7-9-21(14-20)16-31-19-27-18-29-31/h5-9,12-14,18-19,22H,2-4,10-11,15-17H2,1H3,(H,28,33).